The van der Waals surface area contributed by atoms with Gasteiger partial charge in [0, 0.05) is 0 Å². The van der Waals surface area contributed by atoms with E-state index in [-0.39, 0.29) is 0 Å². The fourth-order valence-electron chi connectivity index (χ4n) is 1.00. The van der Waals surface area contributed by atoms with E-state index in [9.17, 15) is 0 Å². The predicted octanol–water partition coefficient (Wildman–Crippen LogP) is 2.62. The summed E-state index contributed by atoms with van der Waals surface area (Å²) in [5.74, 6) is 0. The summed E-state index contributed by atoms with van der Waals surface area (Å²) in [6.45, 7) is 3.12. The molecule has 60 valence electrons. The van der Waals surface area contributed by atoms with Crippen molar-refractivity contribution in [2.24, 2.45) is 0 Å². The summed E-state index contributed by atoms with van der Waals surface area (Å²) < 4.78 is 8.33. The first-order chi connectivity index (χ1) is 5.36. The van der Waals surface area contributed by atoms with E-state index in [4.69, 9.17) is 3.07 Å². The van der Waals surface area contributed by atoms with Crippen LogP contribution in [-0.4, -0.2) is 11.0 Å². The molecule has 0 unspecified atom stereocenters. The Kier molecular flexibility index (Phi) is 2.13. The first-order valence-electron chi connectivity index (χ1n) is 3.72. The van der Waals surface area contributed by atoms with Crippen molar-refractivity contribution in [2.75, 3.05) is 11.0 Å². The Bertz CT molecular complexity index is 238. The molecule has 2 rings (SSSR count). The van der Waals surface area contributed by atoms with Crippen molar-refractivity contribution >= 4 is 20.2 Å². The fourth-order valence-corrected chi connectivity index (χ4v) is 4.03. The minimum atomic E-state index is -1.04. The first kappa shape index (κ1) is 7.55. The van der Waals surface area contributed by atoms with Gasteiger partial charge in [0.15, 0.2) is 0 Å². The summed E-state index contributed by atoms with van der Waals surface area (Å²) in [5, 5.41) is 0. The van der Waals surface area contributed by atoms with Crippen molar-refractivity contribution in [3.8, 4) is 0 Å². The molecular weight excluding hydrogens is 251 g/mol. The maximum absolute atomic E-state index is 5.51. The van der Waals surface area contributed by atoms with Crippen LogP contribution < -0.4 is 0 Å². The van der Waals surface area contributed by atoms with Gasteiger partial charge in [-0.1, -0.05) is 0 Å². The van der Waals surface area contributed by atoms with E-state index >= 15 is 0 Å². The Labute approximate surface area is 74.7 Å². The van der Waals surface area contributed by atoms with Gasteiger partial charge in [-0.15, -0.1) is 0 Å². The van der Waals surface area contributed by atoms with Gasteiger partial charge < -0.3 is 0 Å². The van der Waals surface area contributed by atoms with Crippen molar-refractivity contribution in [1.82, 2.24) is 0 Å². The summed E-state index contributed by atoms with van der Waals surface area (Å²) in [4.78, 5) is 0. The van der Waals surface area contributed by atoms with Crippen LogP contribution in [0.25, 0.3) is 0 Å². The Morgan fingerprint density at radius 3 is 2.36 bits per heavy atom. The van der Waals surface area contributed by atoms with Crippen LogP contribution >= 0.6 is 20.2 Å². The van der Waals surface area contributed by atoms with Gasteiger partial charge >= 0.3 is 74.7 Å². The van der Waals surface area contributed by atoms with Crippen molar-refractivity contribution in [3.05, 3.63) is 33.4 Å². The van der Waals surface area contributed by atoms with Gasteiger partial charge in [-0.3, -0.25) is 0 Å². The molecule has 0 aliphatic carbocycles. The number of hydrogen-bond donors (Lipinski definition) is 0. The Hall–Kier alpha value is -0.0900. The summed E-state index contributed by atoms with van der Waals surface area (Å²) in [6, 6.07) is 8.79. The molecule has 0 spiro atoms. The van der Waals surface area contributed by atoms with E-state index in [1.54, 1.807) is 0 Å². The monoisotopic (exact) mass is 262 g/mol. The summed E-state index contributed by atoms with van der Waals surface area (Å²) in [6.07, 6.45) is 0. The predicted molar refractivity (Wildman–Crippen MR) is 54.7 cm³/mol. The number of benzene rings is 1. The zero-order valence-electron chi connectivity index (χ0n) is 6.51. The molecule has 0 aromatic heterocycles. The van der Waals surface area contributed by atoms with Gasteiger partial charge in [0.2, 0.25) is 0 Å². The second kappa shape index (κ2) is 3.11. The van der Waals surface area contributed by atoms with Crippen LogP contribution in [0.2, 0.25) is 0 Å². The van der Waals surface area contributed by atoms with Gasteiger partial charge in [0.25, 0.3) is 0 Å². The van der Waals surface area contributed by atoms with E-state index < -0.39 is 20.2 Å². The van der Waals surface area contributed by atoms with Gasteiger partial charge in [-0.25, -0.2) is 0 Å². The molecule has 1 heterocycles. The van der Waals surface area contributed by atoms with E-state index in [0.717, 1.165) is 6.61 Å². The Morgan fingerprint density at radius 2 is 1.91 bits per heavy atom. The molecule has 1 saturated heterocycles. The molecule has 0 bridgehead atoms. The number of alkyl halides is 1. The molecule has 0 atom stereocenters. The van der Waals surface area contributed by atoms with Gasteiger partial charge in [-0.2, -0.15) is 0 Å². The van der Waals surface area contributed by atoms with Crippen LogP contribution in [0.1, 0.15) is 5.56 Å². The van der Waals surface area contributed by atoms with Crippen LogP contribution in [0.15, 0.2) is 24.3 Å². The number of rotatable bonds is 1. The summed E-state index contributed by atoms with van der Waals surface area (Å²) >= 11 is -1.04. The van der Waals surface area contributed by atoms with Gasteiger partial charge in [-0.05, 0) is 0 Å². The summed E-state index contributed by atoms with van der Waals surface area (Å²) in [5.41, 5.74) is 1.34. The molecule has 0 saturated carbocycles. The van der Waals surface area contributed by atoms with Crippen molar-refractivity contribution < 1.29 is 3.07 Å². The number of aryl methyl sites for hydroxylation is 1. The molecule has 0 amide bonds. The van der Waals surface area contributed by atoms with Crippen LogP contribution in [-0.2, 0) is 3.07 Å². The van der Waals surface area contributed by atoms with Crippen LogP contribution in [0, 0.1) is 10.5 Å². The summed E-state index contributed by atoms with van der Waals surface area (Å²) in [7, 11) is 0. The second-order valence-corrected chi connectivity index (χ2v) is 7.39. The molecule has 1 nitrogen and oxygen atoms in total. The van der Waals surface area contributed by atoms with Crippen molar-refractivity contribution in [3.63, 3.8) is 0 Å². The normalized spacial score (nSPS) is 19.5. The first-order valence-corrected chi connectivity index (χ1v) is 7.21. The molecule has 1 aliphatic heterocycles. The molecule has 1 aromatic rings. The zero-order valence-corrected chi connectivity index (χ0v) is 8.67. The quantitative estimate of drug-likeness (QED) is 0.558. The van der Waals surface area contributed by atoms with Crippen LogP contribution in [0.5, 0.6) is 0 Å². The van der Waals surface area contributed by atoms with Crippen LogP contribution in [0.3, 0.4) is 0 Å². The van der Waals surface area contributed by atoms with E-state index in [1.165, 1.54) is 13.6 Å². The molecule has 1 fully saturated rings. The SMILES string of the molecule is Cc1ccc(I2CCO2)cc1. The average molecular weight is 262 g/mol. The third kappa shape index (κ3) is 1.56. The number of hydrogen-bond acceptors (Lipinski definition) is 1. The average Bonchev–Trinajstić information content (AvgIpc) is 1.90. The second-order valence-electron chi connectivity index (χ2n) is 2.62. The molecule has 1 aromatic carbocycles. The topological polar surface area (TPSA) is 9.23 Å². The van der Waals surface area contributed by atoms with Crippen LogP contribution in [0.4, 0.5) is 0 Å². The number of halogens is 1. The maximum atomic E-state index is 5.51. The zero-order chi connectivity index (χ0) is 7.68. The molecule has 11 heavy (non-hydrogen) atoms. The van der Waals surface area contributed by atoms with Gasteiger partial charge in [0.05, 0.1) is 0 Å². The fraction of sp³-hybridized carbons (Fsp3) is 0.333. The standard InChI is InChI=1S/C9H11IO/c1-8-2-4-9(5-3-8)10-6-7-11-10/h2-5H,6-7H2,1H3. The molecule has 0 radical (unpaired) electrons. The molecule has 0 N–H and O–H groups in total. The van der Waals surface area contributed by atoms with E-state index in [1.807, 2.05) is 0 Å². The molecule has 2 heteroatoms. The van der Waals surface area contributed by atoms with E-state index in [2.05, 4.69) is 31.2 Å². The Balaban J connectivity index is 2.18. The van der Waals surface area contributed by atoms with Gasteiger partial charge in [0.1, 0.15) is 0 Å². The third-order valence-electron chi connectivity index (χ3n) is 1.71. The molecular formula is C9H11IO. The van der Waals surface area contributed by atoms with Crippen molar-refractivity contribution in [1.29, 1.82) is 0 Å². The third-order valence-corrected chi connectivity index (χ3v) is 6.43. The van der Waals surface area contributed by atoms with Crippen molar-refractivity contribution in [2.45, 2.75) is 6.92 Å². The Morgan fingerprint density at radius 1 is 1.27 bits per heavy atom. The minimum absolute atomic E-state index is 0.999. The molecule has 1 aliphatic rings. The van der Waals surface area contributed by atoms with E-state index in [0.29, 0.717) is 0 Å².